The monoisotopic (exact) mass is 240 g/mol. The number of carbonyl (C=O) groups is 1. The average Bonchev–Trinajstić information content (AvgIpc) is 2.15. The first-order valence-corrected chi connectivity index (χ1v) is 5.21. The van der Waals surface area contributed by atoms with E-state index in [-0.39, 0.29) is 17.8 Å². The van der Waals surface area contributed by atoms with Crippen molar-refractivity contribution in [3.8, 4) is 0 Å². The number of hydrogen-bond donors (Lipinski definition) is 0. The summed E-state index contributed by atoms with van der Waals surface area (Å²) in [4.78, 5) is 14.6. The molecular formula is C9H18Cl2N2O. The number of piperidine rings is 1. The summed E-state index contributed by atoms with van der Waals surface area (Å²) >= 11 is 5.31. The van der Waals surface area contributed by atoms with Gasteiger partial charge in [0.25, 0.3) is 0 Å². The van der Waals surface area contributed by atoms with Gasteiger partial charge in [-0.05, 0) is 37.5 Å². The van der Waals surface area contributed by atoms with E-state index >= 15 is 0 Å². The van der Waals surface area contributed by atoms with Gasteiger partial charge in [0.1, 0.15) is 0 Å². The number of halogens is 2. The SMILES string of the molecule is CN(CCN1CCCCC1)C(=O)Cl.Cl. The molecule has 0 N–H and O–H groups in total. The molecular weight excluding hydrogens is 223 g/mol. The van der Waals surface area contributed by atoms with Gasteiger partial charge in [-0.25, -0.2) is 0 Å². The van der Waals surface area contributed by atoms with E-state index < -0.39 is 0 Å². The lowest BCUT2D eigenvalue weighted by Crippen LogP contribution is -2.37. The summed E-state index contributed by atoms with van der Waals surface area (Å²) in [6, 6.07) is 0. The molecule has 0 aromatic rings. The summed E-state index contributed by atoms with van der Waals surface area (Å²) in [5, 5.41) is -0.364. The Balaban J connectivity index is 0.00000169. The summed E-state index contributed by atoms with van der Waals surface area (Å²) in [5.41, 5.74) is 0. The lowest BCUT2D eigenvalue weighted by Gasteiger charge is -2.27. The lowest BCUT2D eigenvalue weighted by molar-refractivity contribution is 0.197. The van der Waals surface area contributed by atoms with Gasteiger partial charge in [-0.1, -0.05) is 6.42 Å². The first-order chi connectivity index (χ1) is 6.20. The average molecular weight is 241 g/mol. The molecule has 0 aromatic heterocycles. The third-order valence-electron chi connectivity index (χ3n) is 2.50. The van der Waals surface area contributed by atoms with E-state index in [1.54, 1.807) is 11.9 Å². The first kappa shape index (κ1) is 14.0. The minimum Gasteiger partial charge on any atom is -0.331 e. The number of amides is 1. The molecule has 1 heterocycles. The van der Waals surface area contributed by atoms with Gasteiger partial charge in [0.2, 0.25) is 0 Å². The zero-order valence-corrected chi connectivity index (χ0v) is 10.1. The van der Waals surface area contributed by atoms with Crippen LogP contribution in [0, 0.1) is 0 Å². The van der Waals surface area contributed by atoms with E-state index in [0.29, 0.717) is 0 Å². The molecule has 1 amide bonds. The molecule has 14 heavy (non-hydrogen) atoms. The van der Waals surface area contributed by atoms with Gasteiger partial charge < -0.3 is 9.80 Å². The Morgan fingerprint density at radius 2 is 1.93 bits per heavy atom. The second-order valence-corrected chi connectivity index (χ2v) is 3.90. The Morgan fingerprint density at radius 1 is 1.36 bits per heavy atom. The molecule has 5 heteroatoms. The number of likely N-dealkylation sites (N-methyl/N-ethyl adjacent to an activating group) is 1. The minimum absolute atomic E-state index is 0. The van der Waals surface area contributed by atoms with Crippen LogP contribution in [0.15, 0.2) is 0 Å². The van der Waals surface area contributed by atoms with Crippen LogP contribution in [0.1, 0.15) is 19.3 Å². The van der Waals surface area contributed by atoms with Gasteiger partial charge in [0.15, 0.2) is 0 Å². The second kappa shape index (κ2) is 7.32. The Bertz CT molecular complexity index is 172. The Morgan fingerprint density at radius 3 is 2.43 bits per heavy atom. The van der Waals surface area contributed by atoms with E-state index in [1.165, 1.54) is 32.4 Å². The third-order valence-corrected chi connectivity index (χ3v) is 2.79. The fourth-order valence-electron chi connectivity index (χ4n) is 1.56. The minimum atomic E-state index is -0.364. The molecule has 84 valence electrons. The highest BCUT2D eigenvalue weighted by Crippen LogP contribution is 2.08. The van der Waals surface area contributed by atoms with Gasteiger partial charge in [0.05, 0.1) is 0 Å². The van der Waals surface area contributed by atoms with Crippen molar-refractivity contribution < 1.29 is 4.79 Å². The van der Waals surface area contributed by atoms with E-state index in [1.807, 2.05) is 0 Å². The van der Waals surface area contributed by atoms with Gasteiger partial charge >= 0.3 is 5.37 Å². The molecule has 3 nitrogen and oxygen atoms in total. The summed E-state index contributed by atoms with van der Waals surface area (Å²) in [6.45, 7) is 4.03. The smallest absolute Gasteiger partial charge is 0.316 e. The van der Waals surface area contributed by atoms with E-state index in [4.69, 9.17) is 11.6 Å². The summed E-state index contributed by atoms with van der Waals surface area (Å²) < 4.78 is 0. The highest BCUT2D eigenvalue weighted by Gasteiger charge is 2.11. The second-order valence-electron chi connectivity index (χ2n) is 3.58. The highest BCUT2D eigenvalue weighted by atomic mass is 35.5. The first-order valence-electron chi connectivity index (χ1n) is 4.83. The Hall–Kier alpha value is 0.01000. The van der Waals surface area contributed by atoms with Crippen LogP contribution in [0.4, 0.5) is 4.79 Å². The molecule has 0 bridgehead atoms. The standard InChI is InChI=1S/C9H17ClN2O.ClH/c1-11(9(10)13)7-8-12-5-3-2-4-6-12;/h2-8H2,1H3;1H. The van der Waals surface area contributed by atoms with Crippen LogP contribution in [-0.4, -0.2) is 48.4 Å². The van der Waals surface area contributed by atoms with Crippen LogP contribution in [0.25, 0.3) is 0 Å². The molecule has 1 fully saturated rings. The summed E-state index contributed by atoms with van der Waals surface area (Å²) in [7, 11) is 1.74. The topological polar surface area (TPSA) is 23.6 Å². The quantitative estimate of drug-likeness (QED) is 0.558. The van der Waals surface area contributed by atoms with Crippen molar-refractivity contribution in [2.75, 3.05) is 33.2 Å². The van der Waals surface area contributed by atoms with Crippen molar-refractivity contribution in [1.29, 1.82) is 0 Å². The third kappa shape index (κ3) is 5.03. The van der Waals surface area contributed by atoms with Gasteiger partial charge in [0, 0.05) is 20.1 Å². The summed E-state index contributed by atoms with van der Waals surface area (Å²) in [6.07, 6.45) is 3.93. The Kier molecular flexibility index (Phi) is 7.33. The van der Waals surface area contributed by atoms with Crippen molar-refractivity contribution in [2.24, 2.45) is 0 Å². The van der Waals surface area contributed by atoms with Gasteiger partial charge in [-0.2, -0.15) is 0 Å². The maximum absolute atomic E-state index is 10.7. The number of nitrogens with zero attached hydrogens (tertiary/aromatic N) is 2. The molecule has 0 radical (unpaired) electrons. The van der Waals surface area contributed by atoms with Gasteiger partial charge in [-0.3, -0.25) is 4.79 Å². The van der Waals surface area contributed by atoms with E-state index in [9.17, 15) is 4.79 Å². The highest BCUT2D eigenvalue weighted by molar-refractivity contribution is 6.62. The predicted octanol–water partition coefficient (Wildman–Crippen LogP) is 2.18. The van der Waals surface area contributed by atoms with Crippen LogP contribution in [0.2, 0.25) is 0 Å². The number of likely N-dealkylation sites (tertiary alicyclic amines) is 1. The fraction of sp³-hybridized carbons (Fsp3) is 0.889. The van der Waals surface area contributed by atoms with Gasteiger partial charge in [-0.15, -0.1) is 12.4 Å². The van der Waals surface area contributed by atoms with Crippen LogP contribution in [-0.2, 0) is 0 Å². The molecule has 0 spiro atoms. The van der Waals surface area contributed by atoms with E-state index in [0.717, 1.165) is 13.1 Å². The lowest BCUT2D eigenvalue weighted by atomic mass is 10.1. The van der Waals surface area contributed by atoms with Crippen molar-refractivity contribution in [2.45, 2.75) is 19.3 Å². The number of rotatable bonds is 3. The van der Waals surface area contributed by atoms with Crippen LogP contribution in [0.5, 0.6) is 0 Å². The molecule has 1 aliphatic heterocycles. The normalized spacial score (nSPS) is 17.3. The number of hydrogen-bond acceptors (Lipinski definition) is 2. The van der Waals surface area contributed by atoms with Crippen LogP contribution in [0.3, 0.4) is 0 Å². The van der Waals surface area contributed by atoms with Crippen molar-refractivity contribution >= 4 is 29.4 Å². The molecule has 0 aromatic carbocycles. The molecule has 1 aliphatic rings. The maximum atomic E-state index is 10.7. The largest absolute Gasteiger partial charge is 0.331 e. The zero-order valence-electron chi connectivity index (χ0n) is 8.54. The molecule has 0 saturated carbocycles. The van der Waals surface area contributed by atoms with Crippen molar-refractivity contribution in [1.82, 2.24) is 9.80 Å². The molecule has 0 unspecified atom stereocenters. The Labute approximate surface area is 96.8 Å². The number of carbonyl (C=O) groups excluding carboxylic acids is 1. The summed E-state index contributed by atoms with van der Waals surface area (Å²) in [5.74, 6) is 0. The van der Waals surface area contributed by atoms with Crippen molar-refractivity contribution in [3.63, 3.8) is 0 Å². The molecule has 1 rings (SSSR count). The maximum Gasteiger partial charge on any atom is 0.316 e. The fourth-order valence-corrected chi connectivity index (χ4v) is 1.65. The van der Waals surface area contributed by atoms with E-state index in [2.05, 4.69) is 4.90 Å². The molecule has 0 aliphatic carbocycles. The molecule has 0 atom stereocenters. The van der Waals surface area contributed by atoms with Crippen LogP contribution >= 0.6 is 24.0 Å². The van der Waals surface area contributed by atoms with Crippen LogP contribution < -0.4 is 0 Å². The zero-order chi connectivity index (χ0) is 9.68. The molecule has 1 saturated heterocycles. The predicted molar refractivity (Wildman–Crippen MR) is 61.4 cm³/mol. The van der Waals surface area contributed by atoms with Crippen molar-refractivity contribution in [3.05, 3.63) is 0 Å².